The van der Waals surface area contributed by atoms with Gasteiger partial charge in [0.05, 0.1) is 24.8 Å². The number of hydrogen-bond donors (Lipinski definition) is 4. The Bertz CT molecular complexity index is 1250. The van der Waals surface area contributed by atoms with E-state index in [1.807, 2.05) is 60.7 Å². The molecule has 1 aromatic heterocycles. The van der Waals surface area contributed by atoms with E-state index in [0.29, 0.717) is 12.5 Å². The molecule has 4 N–H and O–H groups in total. The number of thioether (sulfide) groups is 1. The Labute approximate surface area is 214 Å². The fourth-order valence-corrected chi connectivity index (χ4v) is 5.29. The smallest absolute Gasteiger partial charge is 0.225 e. The topological polar surface area (TPSA) is 90.3 Å². The Hall–Kier alpha value is -2.78. The van der Waals surface area contributed by atoms with Crippen molar-refractivity contribution in [1.82, 2.24) is 9.97 Å². The standard InChI is InChI=1S/C27H30N4O2S2/c1-34-15-14-21(18-33)29-26-22-10-4-5-11-23(22)30-27(31-26)28-16-19-8-2-6-12-24(19)35-25-13-7-3-9-20(25)17-32/h2-13,21,32-33H,14-18H2,1H3,(H2,28,29,30,31)/t21-/m0/s1. The van der Waals surface area contributed by atoms with Crippen molar-refractivity contribution in [3.63, 3.8) is 0 Å². The van der Waals surface area contributed by atoms with E-state index in [0.717, 1.165) is 49.8 Å². The van der Waals surface area contributed by atoms with E-state index in [1.165, 1.54) is 0 Å². The molecule has 35 heavy (non-hydrogen) atoms. The van der Waals surface area contributed by atoms with Crippen LogP contribution < -0.4 is 10.6 Å². The molecule has 0 aliphatic rings. The molecule has 0 amide bonds. The number of fused-ring (bicyclic) bond motifs is 1. The van der Waals surface area contributed by atoms with Crippen LogP contribution in [0.3, 0.4) is 0 Å². The van der Waals surface area contributed by atoms with Gasteiger partial charge in [-0.2, -0.15) is 16.7 Å². The lowest BCUT2D eigenvalue weighted by Gasteiger charge is -2.19. The summed E-state index contributed by atoms with van der Waals surface area (Å²) in [5, 5.41) is 27.3. The first-order chi connectivity index (χ1) is 17.2. The largest absolute Gasteiger partial charge is 0.394 e. The van der Waals surface area contributed by atoms with Crippen LogP contribution in [-0.4, -0.2) is 44.8 Å². The van der Waals surface area contributed by atoms with Gasteiger partial charge >= 0.3 is 0 Å². The van der Waals surface area contributed by atoms with Crippen molar-refractivity contribution in [2.24, 2.45) is 0 Å². The molecule has 1 heterocycles. The lowest BCUT2D eigenvalue weighted by Crippen LogP contribution is -2.25. The van der Waals surface area contributed by atoms with Crippen LogP contribution in [-0.2, 0) is 13.2 Å². The second-order valence-corrected chi connectivity index (χ2v) is 10.1. The number of rotatable bonds is 12. The minimum atomic E-state index is -0.0719. The predicted molar refractivity (Wildman–Crippen MR) is 147 cm³/mol. The number of nitrogens with one attached hydrogen (secondary N) is 2. The molecule has 0 saturated heterocycles. The summed E-state index contributed by atoms with van der Waals surface area (Å²) in [5.74, 6) is 2.21. The molecule has 0 aliphatic carbocycles. The van der Waals surface area contributed by atoms with Crippen LogP contribution in [0.15, 0.2) is 82.6 Å². The van der Waals surface area contributed by atoms with Crippen molar-refractivity contribution in [2.75, 3.05) is 29.2 Å². The molecular weight excluding hydrogens is 476 g/mol. The summed E-state index contributed by atoms with van der Waals surface area (Å²) < 4.78 is 0. The Kier molecular flexibility index (Phi) is 9.25. The number of benzene rings is 3. The quantitative estimate of drug-likeness (QED) is 0.203. The van der Waals surface area contributed by atoms with E-state index >= 15 is 0 Å². The first-order valence-electron chi connectivity index (χ1n) is 11.5. The minimum absolute atomic E-state index is 0.00999. The summed E-state index contributed by atoms with van der Waals surface area (Å²) in [4.78, 5) is 11.6. The minimum Gasteiger partial charge on any atom is -0.394 e. The van der Waals surface area contributed by atoms with Gasteiger partial charge in [-0.15, -0.1) is 0 Å². The first-order valence-corrected chi connectivity index (χ1v) is 13.7. The molecule has 0 unspecified atom stereocenters. The monoisotopic (exact) mass is 506 g/mol. The number of para-hydroxylation sites is 1. The maximum absolute atomic E-state index is 9.85. The van der Waals surface area contributed by atoms with Crippen molar-refractivity contribution in [3.05, 3.63) is 83.9 Å². The van der Waals surface area contributed by atoms with Gasteiger partial charge in [0, 0.05) is 21.7 Å². The molecule has 4 aromatic rings. The van der Waals surface area contributed by atoms with Crippen LogP contribution in [0.25, 0.3) is 10.9 Å². The third kappa shape index (κ3) is 6.67. The summed E-state index contributed by atoms with van der Waals surface area (Å²) >= 11 is 3.40. The number of hydrogen-bond acceptors (Lipinski definition) is 8. The van der Waals surface area contributed by atoms with E-state index in [9.17, 15) is 10.2 Å². The van der Waals surface area contributed by atoms with Gasteiger partial charge in [-0.05, 0) is 53.8 Å². The van der Waals surface area contributed by atoms with Crippen LogP contribution >= 0.6 is 23.5 Å². The lowest BCUT2D eigenvalue weighted by molar-refractivity contribution is 0.272. The normalized spacial score (nSPS) is 12.0. The average Bonchev–Trinajstić information content (AvgIpc) is 2.90. The van der Waals surface area contributed by atoms with Crippen molar-refractivity contribution < 1.29 is 10.2 Å². The lowest BCUT2D eigenvalue weighted by atomic mass is 10.2. The Balaban J connectivity index is 1.56. The van der Waals surface area contributed by atoms with Crippen molar-refractivity contribution >= 4 is 46.2 Å². The van der Waals surface area contributed by atoms with Gasteiger partial charge < -0.3 is 20.8 Å². The third-order valence-electron chi connectivity index (χ3n) is 5.61. The van der Waals surface area contributed by atoms with Crippen molar-refractivity contribution in [1.29, 1.82) is 0 Å². The SMILES string of the molecule is CSCC[C@@H](CO)Nc1nc(NCc2ccccc2Sc2ccccc2CO)nc2ccccc12. The van der Waals surface area contributed by atoms with E-state index in [2.05, 4.69) is 29.0 Å². The molecule has 3 aromatic carbocycles. The van der Waals surface area contributed by atoms with E-state index in [-0.39, 0.29) is 19.3 Å². The van der Waals surface area contributed by atoms with Crippen LogP contribution in [0.5, 0.6) is 0 Å². The van der Waals surface area contributed by atoms with Gasteiger partial charge in [0.2, 0.25) is 5.95 Å². The molecule has 6 nitrogen and oxygen atoms in total. The second-order valence-electron chi connectivity index (χ2n) is 8.05. The maximum atomic E-state index is 9.85. The molecule has 0 fully saturated rings. The maximum Gasteiger partial charge on any atom is 0.225 e. The van der Waals surface area contributed by atoms with Gasteiger partial charge in [-0.1, -0.05) is 60.3 Å². The number of anilines is 2. The van der Waals surface area contributed by atoms with Gasteiger partial charge in [0.25, 0.3) is 0 Å². The predicted octanol–water partition coefficient (Wildman–Crippen LogP) is 5.41. The van der Waals surface area contributed by atoms with Gasteiger partial charge in [0.1, 0.15) is 5.82 Å². The number of nitrogens with zero attached hydrogens (tertiary/aromatic N) is 2. The van der Waals surface area contributed by atoms with Crippen LogP contribution in [0, 0.1) is 0 Å². The fraction of sp³-hybridized carbons (Fsp3) is 0.259. The zero-order valence-electron chi connectivity index (χ0n) is 19.6. The van der Waals surface area contributed by atoms with Crippen LogP contribution in [0.2, 0.25) is 0 Å². The van der Waals surface area contributed by atoms with Crippen LogP contribution in [0.4, 0.5) is 11.8 Å². The molecule has 0 radical (unpaired) electrons. The third-order valence-corrected chi connectivity index (χ3v) is 7.49. The summed E-state index contributed by atoms with van der Waals surface area (Å²) in [6, 6.07) is 23.9. The second kappa shape index (κ2) is 12.8. The highest BCUT2D eigenvalue weighted by Crippen LogP contribution is 2.33. The van der Waals surface area contributed by atoms with E-state index < -0.39 is 0 Å². The highest BCUT2D eigenvalue weighted by atomic mass is 32.2. The van der Waals surface area contributed by atoms with Gasteiger partial charge in [-0.3, -0.25) is 0 Å². The molecular formula is C27H30N4O2S2. The molecule has 0 saturated carbocycles. The molecule has 0 bridgehead atoms. The molecule has 0 aliphatic heterocycles. The highest BCUT2D eigenvalue weighted by Gasteiger charge is 2.13. The van der Waals surface area contributed by atoms with Crippen LogP contribution in [0.1, 0.15) is 17.5 Å². The van der Waals surface area contributed by atoms with Gasteiger partial charge in [-0.25, -0.2) is 4.98 Å². The van der Waals surface area contributed by atoms with E-state index in [1.54, 1.807) is 23.5 Å². The summed E-state index contributed by atoms with van der Waals surface area (Å²) in [7, 11) is 0. The first kappa shape index (κ1) is 25.3. The Morgan fingerprint density at radius 2 is 1.54 bits per heavy atom. The molecule has 0 spiro atoms. The zero-order chi connectivity index (χ0) is 24.5. The average molecular weight is 507 g/mol. The van der Waals surface area contributed by atoms with Gasteiger partial charge in [0.15, 0.2) is 0 Å². The summed E-state index contributed by atoms with van der Waals surface area (Å²) in [6.45, 7) is 0.607. The molecule has 4 rings (SSSR count). The van der Waals surface area contributed by atoms with Crippen molar-refractivity contribution in [3.8, 4) is 0 Å². The Morgan fingerprint density at radius 3 is 2.29 bits per heavy atom. The van der Waals surface area contributed by atoms with E-state index in [4.69, 9.17) is 9.97 Å². The molecule has 182 valence electrons. The number of aliphatic hydroxyl groups excluding tert-OH is 2. The van der Waals surface area contributed by atoms with Crippen molar-refractivity contribution in [2.45, 2.75) is 35.4 Å². The Morgan fingerprint density at radius 1 is 0.857 bits per heavy atom. The molecule has 1 atom stereocenters. The molecule has 8 heteroatoms. The number of aliphatic hydroxyl groups is 2. The summed E-state index contributed by atoms with van der Waals surface area (Å²) in [5.41, 5.74) is 2.87. The zero-order valence-corrected chi connectivity index (χ0v) is 21.3. The highest BCUT2D eigenvalue weighted by molar-refractivity contribution is 7.99. The fourth-order valence-electron chi connectivity index (χ4n) is 3.70. The number of aromatic nitrogens is 2. The summed E-state index contributed by atoms with van der Waals surface area (Å²) in [6.07, 6.45) is 2.91.